The molecule has 0 N–H and O–H groups in total. The fourth-order valence-corrected chi connectivity index (χ4v) is 2.94. The molecule has 0 aliphatic carbocycles. The van der Waals surface area contributed by atoms with E-state index in [1.54, 1.807) is 12.1 Å². The predicted octanol–water partition coefficient (Wildman–Crippen LogP) is 7.07. The van der Waals surface area contributed by atoms with Gasteiger partial charge in [0.05, 0.1) is 5.56 Å². The van der Waals surface area contributed by atoms with Gasteiger partial charge in [0.15, 0.2) is 0 Å². The Bertz CT molecular complexity index is 688. The fourth-order valence-electron chi connectivity index (χ4n) is 2.77. The van der Waals surface area contributed by atoms with Crippen molar-refractivity contribution in [1.82, 2.24) is 0 Å². The molecule has 0 nitrogen and oxygen atoms in total. The van der Waals surface area contributed by atoms with E-state index in [2.05, 4.69) is 0 Å². The molecule has 0 saturated carbocycles. The summed E-state index contributed by atoms with van der Waals surface area (Å²) in [4.78, 5) is 0. The smallest absolute Gasteiger partial charge is 0.207 e. The maximum Gasteiger partial charge on any atom is 0.416 e. The van der Waals surface area contributed by atoms with E-state index in [1.807, 2.05) is 19.9 Å². The summed E-state index contributed by atoms with van der Waals surface area (Å²) in [7, 11) is 0. The first-order chi connectivity index (χ1) is 10.8. The van der Waals surface area contributed by atoms with Crippen LogP contribution in [-0.2, 0) is 6.18 Å². The van der Waals surface area contributed by atoms with Gasteiger partial charge in [0.25, 0.3) is 0 Å². The van der Waals surface area contributed by atoms with Crippen LogP contribution in [0.15, 0.2) is 36.4 Å². The van der Waals surface area contributed by atoms with E-state index < -0.39 is 17.6 Å². The number of halogens is 5. The lowest BCUT2D eigenvalue weighted by atomic mass is 9.87. The van der Waals surface area contributed by atoms with Gasteiger partial charge in [-0.3, -0.25) is 0 Å². The molecule has 0 spiro atoms. The van der Waals surface area contributed by atoms with E-state index in [1.165, 1.54) is 0 Å². The van der Waals surface area contributed by atoms with Gasteiger partial charge in [0, 0.05) is 5.02 Å². The van der Waals surface area contributed by atoms with Crippen molar-refractivity contribution >= 4 is 11.6 Å². The second-order valence-electron chi connectivity index (χ2n) is 5.47. The highest BCUT2D eigenvalue weighted by Gasteiger charge is 2.31. The Kier molecular flexibility index (Phi) is 5.35. The zero-order valence-corrected chi connectivity index (χ0v) is 13.6. The average Bonchev–Trinajstić information content (AvgIpc) is 2.48. The largest absolute Gasteiger partial charge is 0.416 e. The summed E-state index contributed by atoms with van der Waals surface area (Å²) in [5, 5.41) is 0.410. The average molecular weight is 345 g/mol. The van der Waals surface area contributed by atoms with Crippen LogP contribution in [0.25, 0.3) is 11.1 Å². The molecular weight excluding hydrogens is 328 g/mol. The molecule has 124 valence electrons. The van der Waals surface area contributed by atoms with Crippen LogP contribution in [0.1, 0.15) is 43.7 Å². The van der Waals surface area contributed by atoms with Gasteiger partial charge in [0.1, 0.15) is 5.82 Å². The summed E-state index contributed by atoms with van der Waals surface area (Å²) in [6.45, 7) is 4.03. The van der Waals surface area contributed by atoms with E-state index in [9.17, 15) is 17.6 Å². The first-order valence-corrected chi connectivity index (χ1v) is 7.81. The van der Waals surface area contributed by atoms with Crippen molar-refractivity contribution in [3.63, 3.8) is 0 Å². The zero-order valence-electron chi connectivity index (χ0n) is 12.8. The lowest BCUT2D eigenvalue weighted by molar-refractivity contribution is -0.137. The van der Waals surface area contributed by atoms with Crippen LogP contribution in [-0.4, -0.2) is 0 Å². The molecule has 0 atom stereocenters. The Morgan fingerprint density at radius 1 is 1.00 bits per heavy atom. The molecule has 23 heavy (non-hydrogen) atoms. The van der Waals surface area contributed by atoms with Crippen molar-refractivity contribution in [2.24, 2.45) is 0 Å². The summed E-state index contributed by atoms with van der Waals surface area (Å²) in [5.74, 6) is -0.731. The molecule has 2 aromatic rings. The topological polar surface area (TPSA) is 0 Å². The normalized spacial score (nSPS) is 12.0. The van der Waals surface area contributed by atoms with Gasteiger partial charge < -0.3 is 0 Å². The van der Waals surface area contributed by atoms with Crippen LogP contribution >= 0.6 is 11.6 Å². The fraction of sp³-hybridized carbons (Fsp3) is 0.333. The van der Waals surface area contributed by atoms with Gasteiger partial charge in [0.2, 0.25) is 0 Å². The number of hydrogen-bond acceptors (Lipinski definition) is 0. The third-order valence-electron chi connectivity index (χ3n) is 3.98. The van der Waals surface area contributed by atoms with E-state index in [0.29, 0.717) is 16.7 Å². The molecule has 0 aliphatic rings. The number of rotatable bonds is 4. The Morgan fingerprint density at radius 2 is 1.65 bits per heavy atom. The molecule has 0 unspecified atom stereocenters. The number of benzene rings is 2. The van der Waals surface area contributed by atoms with E-state index in [-0.39, 0.29) is 11.5 Å². The van der Waals surface area contributed by atoms with Crippen LogP contribution in [0, 0.1) is 5.82 Å². The zero-order chi connectivity index (χ0) is 17.2. The maximum absolute atomic E-state index is 13.7. The van der Waals surface area contributed by atoms with Gasteiger partial charge in [-0.15, -0.1) is 0 Å². The summed E-state index contributed by atoms with van der Waals surface area (Å²) < 4.78 is 52.5. The highest BCUT2D eigenvalue weighted by atomic mass is 35.5. The third-order valence-corrected chi connectivity index (χ3v) is 4.21. The van der Waals surface area contributed by atoms with Crippen molar-refractivity contribution in [1.29, 1.82) is 0 Å². The Balaban J connectivity index is 2.66. The maximum atomic E-state index is 13.7. The molecule has 0 saturated heterocycles. The second kappa shape index (κ2) is 6.91. The van der Waals surface area contributed by atoms with Crippen LogP contribution < -0.4 is 0 Å². The Hall–Kier alpha value is -1.55. The molecule has 0 radical (unpaired) electrons. The molecule has 0 bridgehead atoms. The van der Waals surface area contributed by atoms with Crippen molar-refractivity contribution in [2.75, 3.05) is 0 Å². The molecular formula is C18H17ClF4. The summed E-state index contributed by atoms with van der Waals surface area (Å²) in [5.41, 5.74) is 0.638. The minimum Gasteiger partial charge on any atom is -0.207 e. The van der Waals surface area contributed by atoms with Crippen molar-refractivity contribution in [3.05, 3.63) is 58.4 Å². The SMILES string of the molecule is CCC(CC)c1ccc(Cl)cc1-c1cc(F)cc(C(F)(F)F)c1. The summed E-state index contributed by atoms with van der Waals surface area (Å²) >= 11 is 6.01. The van der Waals surface area contributed by atoms with Gasteiger partial charge in [-0.05, 0) is 65.8 Å². The summed E-state index contributed by atoms with van der Waals surface area (Å²) in [6.07, 6.45) is -2.91. The van der Waals surface area contributed by atoms with Crippen LogP contribution in [0.5, 0.6) is 0 Å². The Labute approximate surface area is 138 Å². The van der Waals surface area contributed by atoms with Crippen molar-refractivity contribution in [2.45, 2.75) is 38.8 Å². The molecule has 2 aromatic carbocycles. The highest BCUT2D eigenvalue weighted by Crippen LogP contribution is 2.38. The highest BCUT2D eigenvalue weighted by molar-refractivity contribution is 6.30. The number of hydrogen-bond donors (Lipinski definition) is 0. The monoisotopic (exact) mass is 344 g/mol. The molecule has 0 aliphatic heterocycles. The van der Waals surface area contributed by atoms with E-state index >= 15 is 0 Å². The minimum absolute atomic E-state index is 0.180. The third kappa shape index (κ3) is 4.05. The lowest BCUT2D eigenvalue weighted by Crippen LogP contribution is -2.06. The molecule has 0 amide bonds. The minimum atomic E-state index is -4.59. The molecule has 2 rings (SSSR count). The number of alkyl halides is 3. The standard InChI is InChI=1S/C18H17ClF4/c1-3-11(4-2)16-6-5-14(19)10-17(16)12-7-13(18(21,22)23)9-15(20)8-12/h5-11H,3-4H2,1-2H3. The molecule has 0 aromatic heterocycles. The quantitative estimate of drug-likeness (QED) is 0.520. The first kappa shape index (κ1) is 17.8. The van der Waals surface area contributed by atoms with Gasteiger partial charge >= 0.3 is 6.18 Å². The predicted molar refractivity (Wildman–Crippen MR) is 85.2 cm³/mol. The summed E-state index contributed by atoms with van der Waals surface area (Å²) in [6, 6.07) is 7.72. The van der Waals surface area contributed by atoms with Gasteiger partial charge in [-0.1, -0.05) is 31.5 Å². The van der Waals surface area contributed by atoms with Crippen molar-refractivity contribution < 1.29 is 17.6 Å². The van der Waals surface area contributed by atoms with E-state index in [4.69, 9.17) is 11.6 Å². The second-order valence-corrected chi connectivity index (χ2v) is 5.91. The lowest BCUT2D eigenvalue weighted by Gasteiger charge is -2.19. The van der Waals surface area contributed by atoms with Crippen LogP contribution in [0.3, 0.4) is 0 Å². The first-order valence-electron chi connectivity index (χ1n) is 7.43. The molecule has 5 heteroatoms. The van der Waals surface area contributed by atoms with Gasteiger partial charge in [-0.2, -0.15) is 13.2 Å². The molecule has 0 fully saturated rings. The Morgan fingerprint density at radius 3 is 2.22 bits per heavy atom. The van der Waals surface area contributed by atoms with Crippen molar-refractivity contribution in [3.8, 4) is 11.1 Å². The molecule has 0 heterocycles. The van der Waals surface area contributed by atoms with Crippen LogP contribution in [0.4, 0.5) is 17.6 Å². The van der Waals surface area contributed by atoms with E-state index in [0.717, 1.165) is 30.5 Å². The van der Waals surface area contributed by atoms with Crippen LogP contribution in [0.2, 0.25) is 5.02 Å². The van der Waals surface area contributed by atoms with Gasteiger partial charge in [-0.25, -0.2) is 4.39 Å².